The van der Waals surface area contributed by atoms with Crippen LogP contribution in [0.1, 0.15) is 18.0 Å². The molecule has 0 bridgehead atoms. The number of phenolic OH excluding ortho intramolecular Hbond substituents is 1. The number of methoxy groups -OCH3 is 1. The zero-order valence-corrected chi connectivity index (χ0v) is 13.2. The van der Waals surface area contributed by atoms with E-state index in [0.29, 0.717) is 16.6 Å². The molecule has 96 valence electrons. The molecule has 0 amide bonds. The Kier molecular flexibility index (Phi) is 7.16. The van der Waals surface area contributed by atoms with Crippen molar-refractivity contribution >= 4 is 44.3 Å². The van der Waals surface area contributed by atoms with Gasteiger partial charge in [0.05, 0.1) is 11.6 Å². The highest BCUT2D eigenvalue weighted by Gasteiger charge is 2.18. The van der Waals surface area contributed by atoms with E-state index in [4.69, 9.17) is 10.5 Å². The van der Waals surface area contributed by atoms with Crippen molar-refractivity contribution in [2.75, 3.05) is 7.11 Å². The highest BCUT2D eigenvalue weighted by Crippen LogP contribution is 2.43. The fourth-order valence-corrected chi connectivity index (χ4v) is 2.36. The van der Waals surface area contributed by atoms with E-state index in [1.807, 2.05) is 0 Å². The van der Waals surface area contributed by atoms with Crippen molar-refractivity contribution in [3.8, 4) is 11.5 Å². The van der Waals surface area contributed by atoms with Crippen molar-refractivity contribution in [2.45, 2.75) is 12.5 Å². The van der Waals surface area contributed by atoms with E-state index in [9.17, 15) is 5.11 Å². The number of rotatable bonds is 4. The molecule has 1 aromatic rings. The molecule has 0 radical (unpaired) electrons. The van der Waals surface area contributed by atoms with Gasteiger partial charge in [0.1, 0.15) is 0 Å². The molecule has 0 unspecified atom stereocenters. The number of phenols is 1. The van der Waals surface area contributed by atoms with Crippen LogP contribution in [-0.2, 0) is 0 Å². The summed E-state index contributed by atoms with van der Waals surface area (Å²) < 4.78 is 6.35. The maximum atomic E-state index is 9.75. The molecule has 1 rings (SSSR count). The Morgan fingerprint density at radius 3 is 2.59 bits per heavy atom. The van der Waals surface area contributed by atoms with Crippen molar-refractivity contribution < 1.29 is 9.84 Å². The minimum Gasteiger partial charge on any atom is -0.503 e. The Balaban J connectivity index is 0.00000256. The van der Waals surface area contributed by atoms with Gasteiger partial charge in [-0.1, -0.05) is 6.08 Å². The number of ether oxygens (including phenoxy) is 1. The van der Waals surface area contributed by atoms with E-state index >= 15 is 0 Å². The van der Waals surface area contributed by atoms with Crippen LogP contribution < -0.4 is 10.5 Å². The average Bonchev–Trinajstić information content (AvgIpc) is 2.27. The number of hydrogen-bond acceptors (Lipinski definition) is 3. The van der Waals surface area contributed by atoms with E-state index in [0.717, 1.165) is 10.0 Å². The first kappa shape index (κ1) is 16.8. The summed E-state index contributed by atoms with van der Waals surface area (Å²) in [6.07, 6.45) is 2.41. The maximum absolute atomic E-state index is 9.75. The van der Waals surface area contributed by atoms with Crippen LogP contribution in [0.25, 0.3) is 0 Å². The van der Waals surface area contributed by atoms with Gasteiger partial charge >= 0.3 is 0 Å². The number of hydrogen-bond donors (Lipinski definition) is 2. The SMILES string of the molecule is C=CC[C@@H](N)c1cc(OC)c(O)c(Br)c1Br.Cl. The van der Waals surface area contributed by atoms with Crippen LogP contribution >= 0.6 is 44.3 Å². The normalized spacial score (nSPS) is 11.5. The lowest BCUT2D eigenvalue weighted by molar-refractivity contribution is 0.370. The van der Waals surface area contributed by atoms with Gasteiger partial charge in [-0.3, -0.25) is 0 Å². The maximum Gasteiger partial charge on any atom is 0.173 e. The van der Waals surface area contributed by atoms with Crippen LogP contribution in [0, 0.1) is 0 Å². The van der Waals surface area contributed by atoms with E-state index in [1.54, 1.807) is 12.1 Å². The third-order valence-electron chi connectivity index (χ3n) is 2.21. The molecule has 17 heavy (non-hydrogen) atoms. The van der Waals surface area contributed by atoms with Crippen LogP contribution in [0.2, 0.25) is 0 Å². The lowest BCUT2D eigenvalue weighted by Crippen LogP contribution is -2.10. The van der Waals surface area contributed by atoms with Crippen LogP contribution in [0.15, 0.2) is 27.7 Å². The molecule has 1 atom stereocenters. The predicted octanol–water partition coefficient (Wildman–Crippen LogP) is 3.92. The lowest BCUT2D eigenvalue weighted by atomic mass is 10.0. The summed E-state index contributed by atoms with van der Waals surface area (Å²) >= 11 is 6.67. The number of aromatic hydroxyl groups is 1. The fraction of sp³-hybridized carbons (Fsp3) is 0.273. The molecule has 0 aliphatic heterocycles. The van der Waals surface area contributed by atoms with Crippen LogP contribution in [0.3, 0.4) is 0 Å². The van der Waals surface area contributed by atoms with Crippen molar-refractivity contribution in [1.29, 1.82) is 0 Å². The molecule has 0 heterocycles. The van der Waals surface area contributed by atoms with E-state index in [-0.39, 0.29) is 24.2 Å². The summed E-state index contributed by atoms with van der Waals surface area (Å²) in [5.41, 5.74) is 6.85. The van der Waals surface area contributed by atoms with Crippen LogP contribution in [-0.4, -0.2) is 12.2 Å². The van der Waals surface area contributed by atoms with Gasteiger partial charge in [-0.2, -0.15) is 0 Å². The number of nitrogens with two attached hydrogens (primary N) is 1. The van der Waals surface area contributed by atoms with Crippen LogP contribution in [0.4, 0.5) is 0 Å². The second kappa shape index (κ2) is 7.26. The Hall–Kier alpha value is -0.230. The van der Waals surface area contributed by atoms with Gasteiger partial charge in [-0.05, 0) is 49.9 Å². The summed E-state index contributed by atoms with van der Waals surface area (Å²) in [5, 5.41) is 9.75. The minimum absolute atomic E-state index is 0. The quantitative estimate of drug-likeness (QED) is 0.770. The summed E-state index contributed by atoms with van der Waals surface area (Å²) in [5.74, 6) is 0.452. The first-order valence-corrected chi connectivity index (χ1v) is 6.22. The fourth-order valence-electron chi connectivity index (χ4n) is 1.34. The molecule has 3 N–H and O–H groups in total. The first-order chi connectivity index (χ1) is 7.52. The highest BCUT2D eigenvalue weighted by atomic mass is 79.9. The molecular weight excluding hydrogens is 373 g/mol. The molecule has 0 saturated carbocycles. The van der Waals surface area contributed by atoms with Gasteiger partial charge < -0.3 is 15.6 Å². The van der Waals surface area contributed by atoms with E-state index in [2.05, 4.69) is 38.4 Å². The molecule has 0 saturated heterocycles. The summed E-state index contributed by atoms with van der Waals surface area (Å²) in [6, 6.07) is 1.54. The summed E-state index contributed by atoms with van der Waals surface area (Å²) in [6.45, 7) is 3.65. The molecule has 6 heteroatoms. The smallest absolute Gasteiger partial charge is 0.173 e. The second-order valence-electron chi connectivity index (χ2n) is 3.28. The Bertz CT molecular complexity index is 413. The topological polar surface area (TPSA) is 55.5 Å². The predicted molar refractivity (Wildman–Crippen MR) is 79.0 cm³/mol. The molecule has 1 aromatic carbocycles. The molecular formula is C11H14Br2ClNO2. The summed E-state index contributed by atoms with van der Waals surface area (Å²) in [7, 11) is 1.50. The van der Waals surface area contributed by atoms with Gasteiger partial charge in [0.2, 0.25) is 0 Å². The van der Waals surface area contributed by atoms with Gasteiger partial charge in [-0.15, -0.1) is 19.0 Å². The van der Waals surface area contributed by atoms with Gasteiger partial charge in [0.25, 0.3) is 0 Å². The van der Waals surface area contributed by atoms with Crippen molar-refractivity contribution in [1.82, 2.24) is 0 Å². The molecule has 0 aliphatic carbocycles. The van der Waals surface area contributed by atoms with Gasteiger partial charge in [-0.25, -0.2) is 0 Å². The van der Waals surface area contributed by atoms with E-state index < -0.39 is 0 Å². The molecule has 0 aromatic heterocycles. The summed E-state index contributed by atoms with van der Waals surface area (Å²) in [4.78, 5) is 0. The lowest BCUT2D eigenvalue weighted by Gasteiger charge is -2.16. The van der Waals surface area contributed by atoms with E-state index in [1.165, 1.54) is 7.11 Å². The average molecular weight is 387 g/mol. The monoisotopic (exact) mass is 385 g/mol. The molecule has 3 nitrogen and oxygen atoms in total. The first-order valence-electron chi connectivity index (χ1n) is 4.64. The Morgan fingerprint density at radius 2 is 2.12 bits per heavy atom. The van der Waals surface area contributed by atoms with Crippen LogP contribution in [0.5, 0.6) is 11.5 Å². The zero-order valence-electron chi connectivity index (χ0n) is 9.24. The van der Waals surface area contributed by atoms with Crippen molar-refractivity contribution in [3.05, 3.63) is 33.2 Å². The zero-order chi connectivity index (χ0) is 12.3. The number of halogens is 3. The molecule has 0 fully saturated rings. The Labute approximate surface area is 124 Å². The van der Waals surface area contributed by atoms with Gasteiger partial charge in [0, 0.05) is 10.5 Å². The third-order valence-corrected chi connectivity index (χ3v) is 4.37. The molecule has 0 spiro atoms. The standard InChI is InChI=1S/C11H13Br2NO2.ClH/c1-3-4-7(14)6-5-8(16-2)11(15)10(13)9(6)12;/h3,5,7,15H,1,4,14H2,2H3;1H/t7-;/m1./s1. The second-order valence-corrected chi connectivity index (χ2v) is 4.86. The van der Waals surface area contributed by atoms with Gasteiger partial charge in [0.15, 0.2) is 11.5 Å². The van der Waals surface area contributed by atoms with Crippen molar-refractivity contribution in [2.24, 2.45) is 5.73 Å². The number of benzene rings is 1. The third kappa shape index (κ3) is 3.61. The minimum atomic E-state index is -0.183. The molecule has 0 aliphatic rings. The Morgan fingerprint density at radius 1 is 1.53 bits per heavy atom. The van der Waals surface area contributed by atoms with Crippen molar-refractivity contribution in [3.63, 3.8) is 0 Å². The highest BCUT2D eigenvalue weighted by molar-refractivity contribution is 9.13. The largest absolute Gasteiger partial charge is 0.503 e.